The van der Waals surface area contributed by atoms with Gasteiger partial charge in [-0.25, -0.2) is 9.78 Å². The van der Waals surface area contributed by atoms with E-state index in [1.807, 2.05) is 4.90 Å². The third-order valence-electron chi connectivity index (χ3n) is 3.61. The monoisotopic (exact) mass is 345 g/mol. The molecular formula is C14H18F3N5O2. The molecule has 0 saturated carbocycles. The highest BCUT2D eigenvalue weighted by Crippen LogP contribution is 2.29. The summed E-state index contributed by atoms with van der Waals surface area (Å²) in [7, 11) is 0. The van der Waals surface area contributed by atoms with E-state index in [1.54, 1.807) is 0 Å². The molecule has 132 valence electrons. The first-order valence-corrected chi connectivity index (χ1v) is 7.36. The van der Waals surface area contributed by atoms with Gasteiger partial charge in [-0.05, 0) is 25.0 Å². The predicted octanol–water partition coefficient (Wildman–Crippen LogP) is 0.854. The fraction of sp³-hybridized carbons (Fsp3) is 0.500. The van der Waals surface area contributed by atoms with Crippen LogP contribution in [-0.2, 0) is 11.0 Å². The molecule has 24 heavy (non-hydrogen) atoms. The summed E-state index contributed by atoms with van der Waals surface area (Å²) in [6.07, 6.45) is -2.12. The van der Waals surface area contributed by atoms with Crippen molar-refractivity contribution < 1.29 is 22.8 Å². The van der Waals surface area contributed by atoms with Crippen LogP contribution >= 0.6 is 0 Å². The fourth-order valence-corrected chi connectivity index (χ4v) is 2.49. The molecule has 0 aliphatic carbocycles. The van der Waals surface area contributed by atoms with Gasteiger partial charge in [0.2, 0.25) is 5.91 Å². The second kappa shape index (κ2) is 7.37. The smallest absolute Gasteiger partial charge is 0.355 e. The number of aromatic nitrogens is 1. The highest BCUT2D eigenvalue weighted by molar-refractivity contribution is 5.83. The molecule has 0 unspecified atom stereocenters. The summed E-state index contributed by atoms with van der Waals surface area (Å²) in [6.45, 7) is 0.856. The van der Waals surface area contributed by atoms with Crippen LogP contribution < -0.4 is 21.3 Å². The summed E-state index contributed by atoms with van der Waals surface area (Å²) in [5.74, 6) is 0.0539. The molecule has 1 saturated heterocycles. The number of halogens is 3. The lowest BCUT2D eigenvalue weighted by atomic mass is 10.1. The van der Waals surface area contributed by atoms with Gasteiger partial charge in [0.05, 0.1) is 12.1 Å². The van der Waals surface area contributed by atoms with Crippen molar-refractivity contribution in [1.82, 2.24) is 15.6 Å². The van der Waals surface area contributed by atoms with Crippen molar-refractivity contribution >= 4 is 17.8 Å². The normalized spacial score (nSPS) is 18.1. The van der Waals surface area contributed by atoms with Crippen molar-refractivity contribution in [2.45, 2.75) is 25.1 Å². The maximum atomic E-state index is 12.6. The molecule has 1 aromatic rings. The van der Waals surface area contributed by atoms with E-state index in [0.29, 0.717) is 18.9 Å². The maximum Gasteiger partial charge on any atom is 0.417 e. The van der Waals surface area contributed by atoms with Gasteiger partial charge in [0.15, 0.2) is 0 Å². The quantitative estimate of drug-likeness (QED) is 0.753. The van der Waals surface area contributed by atoms with E-state index < -0.39 is 17.8 Å². The van der Waals surface area contributed by atoms with Gasteiger partial charge < -0.3 is 21.3 Å². The van der Waals surface area contributed by atoms with Crippen LogP contribution in [0.4, 0.5) is 23.8 Å². The van der Waals surface area contributed by atoms with Gasteiger partial charge >= 0.3 is 12.2 Å². The van der Waals surface area contributed by atoms with Gasteiger partial charge in [0.1, 0.15) is 5.82 Å². The lowest BCUT2D eigenvalue weighted by Gasteiger charge is -2.34. The van der Waals surface area contributed by atoms with Gasteiger partial charge in [0, 0.05) is 25.3 Å². The predicted molar refractivity (Wildman–Crippen MR) is 80.2 cm³/mol. The molecule has 4 N–H and O–H groups in total. The third kappa shape index (κ3) is 5.00. The minimum Gasteiger partial charge on any atom is -0.355 e. The Morgan fingerprint density at radius 2 is 2.12 bits per heavy atom. The first-order chi connectivity index (χ1) is 11.3. The number of carbonyl (C=O) groups excluding carboxylic acids is 2. The first kappa shape index (κ1) is 17.8. The molecule has 1 aliphatic heterocycles. The Kier molecular flexibility index (Phi) is 5.47. The van der Waals surface area contributed by atoms with Gasteiger partial charge in [-0.3, -0.25) is 4.79 Å². The number of hydrogen-bond acceptors (Lipinski definition) is 4. The van der Waals surface area contributed by atoms with Crippen LogP contribution in [0, 0.1) is 0 Å². The highest BCUT2D eigenvalue weighted by atomic mass is 19.4. The minimum atomic E-state index is -4.42. The lowest BCUT2D eigenvalue weighted by Crippen LogP contribution is -2.50. The standard InChI is InChI=1S/C14H18F3N5O2/c15-14(16,17)9-3-4-11(19-6-9)22-5-1-2-10(8-22)21-12(23)7-20-13(18)24/h3-4,6,10H,1-2,5,7-8H2,(H,21,23)(H3,18,20,24)/t10-/m0/s1. The molecule has 0 bridgehead atoms. The Morgan fingerprint density at radius 3 is 2.71 bits per heavy atom. The van der Waals surface area contributed by atoms with E-state index in [-0.39, 0.29) is 18.5 Å². The number of carbonyl (C=O) groups is 2. The average molecular weight is 345 g/mol. The zero-order valence-electron chi connectivity index (χ0n) is 12.8. The summed E-state index contributed by atoms with van der Waals surface area (Å²) in [5.41, 5.74) is 4.09. The van der Waals surface area contributed by atoms with Gasteiger partial charge in [-0.15, -0.1) is 0 Å². The Labute approximate surface area is 136 Å². The minimum absolute atomic E-state index is 0.176. The topological polar surface area (TPSA) is 100 Å². The van der Waals surface area contributed by atoms with Crippen LogP contribution in [0.2, 0.25) is 0 Å². The van der Waals surface area contributed by atoms with E-state index >= 15 is 0 Å². The fourth-order valence-electron chi connectivity index (χ4n) is 2.49. The van der Waals surface area contributed by atoms with Crippen molar-refractivity contribution in [3.05, 3.63) is 23.9 Å². The van der Waals surface area contributed by atoms with Gasteiger partial charge in [-0.2, -0.15) is 13.2 Å². The van der Waals surface area contributed by atoms with Crippen LogP contribution in [0.5, 0.6) is 0 Å². The number of hydrogen-bond donors (Lipinski definition) is 3. The summed E-state index contributed by atoms with van der Waals surface area (Å²) < 4.78 is 37.7. The van der Waals surface area contributed by atoms with Crippen LogP contribution in [0.3, 0.4) is 0 Å². The summed E-state index contributed by atoms with van der Waals surface area (Å²) in [5, 5.41) is 4.94. The largest absolute Gasteiger partial charge is 0.417 e. The Hall–Kier alpha value is -2.52. The van der Waals surface area contributed by atoms with Crippen molar-refractivity contribution in [1.29, 1.82) is 0 Å². The molecule has 0 spiro atoms. The Balaban J connectivity index is 1.93. The maximum absolute atomic E-state index is 12.6. The molecular weight excluding hydrogens is 327 g/mol. The molecule has 0 radical (unpaired) electrons. The molecule has 3 amide bonds. The summed E-state index contributed by atoms with van der Waals surface area (Å²) >= 11 is 0. The summed E-state index contributed by atoms with van der Waals surface area (Å²) in [6, 6.07) is 1.34. The number of urea groups is 1. The average Bonchev–Trinajstić information content (AvgIpc) is 2.52. The number of amides is 3. The SMILES string of the molecule is NC(=O)NCC(=O)N[C@H]1CCCN(c2ccc(C(F)(F)F)cn2)C1. The molecule has 10 heteroatoms. The number of nitrogens with zero attached hydrogens (tertiary/aromatic N) is 2. The van der Waals surface area contributed by atoms with E-state index in [4.69, 9.17) is 5.73 Å². The van der Waals surface area contributed by atoms with E-state index in [0.717, 1.165) is 25.1 Å². The van der Waals surface area contributed by atoms with Crippen LogP contribution in [0.1, 0.15) is 18.4 Å². The molecule has 2 rings (SSSR count). The van der Waals surface area contributed by atoms with Crippen LogP contribution in [-0.4, -0.2) is 42.6 Å². The van der Waals surface area contributed by atoms with Crippen LogP contribution in [0.25, 0.3) is 0 Å². The van der Waals surface area contributed by atoms with E-state index in [2.05, 4.69) is 15.6 Å². The van der Waals surface area contributed by atoms with Gasteiger partial charge in [-0.1, -0.05) is 0 Å². The molecule has 1 atom stereocenters. The number of primary amides is 1. The number of pyridine rings is 1. The third-order valence-corrected chi connectivity index (χ3v) is 3.61. The second-order valence-corrected chi connectivity index (χ2v) is 5.47. The molecule has 1 fully saturated rings. The number of piperidine rings is 1. The second-order valence-electron chi connectivity index (χ2n) is 5.47. The first-order valence-electron chi connectivity index (χ1n) is 7.36. The number of alkyl halides is 3. The highest BCUT2D eigenvalue weighted by Gasteiger charge is 2.31. The molecule has 1 aromatic heterocycles. The zero-order chi connectivity index (χ0) is 17.7. The van der Waals surface area contributed by atoms with Crippen molar-refractivity contribution in [2.24, 2.45) is 5.73 Å². The van der Waals surface area contributed by atoms with Crippen molar-refractivity contribution in [3.63, 3.8) is 0 Å². The Bertz CT molecular complexity index is 591. The number of anilines is 1. The van der Waals surface area contributed by atoms with E-state index in [1.165, 1.54) is 6.07 Å². The van der Waals surface area contributed by atoms with Gasteiger partial charge in [0.25, 0.3) is 0 Å². The van der Waals surface area contributed by atoms with Crippen LogP contribution in [0.15, 0.2) is 18.3 Å². The van der Waals surface area contributed by atoms with Crippen molar-refractivity contribution in [2.75, 3.05) is 24.5 Å². The van der Waals surface area contributed by atoms with Crippen molar-refractivity contribution in [3.8, 4) is 0 Å². The molecule has 1 aliphatic rings. The lowest BCUT2D eigenvalue weighted by molar-refractivity contribution is -0.137. The Morgan fingerprint density at radius 1 is 1.38 bits per heavy atom. The molecule has 0 aromatic carbocycles. The molecule has 2 heterocycles. The number of nitrogens with one attached hydrogen (secondary N) is 2. The zero-order valence-corrected chi connectivity index (χ0v) is 12.8. The van der Waals surface area contributed by atoms with E-state index in [9.17, 15) is 22.8 Å². The molecule has 7 nitrogen and oxygen atoms in total. The number of rotatable bonds is 4. The summed E-state index contributed by atoms with van der Waals surface area (Å²) in [4.78, 5) is 27.9. The number of nitrogens with two attached hydrogens (primary N) is 1.